The molecule has 3 aromatic heterocycles. The number of aromatic nitrogens is 4. The van der Waals surface area contributed by atoms with Gasteiger partial charge in [-0.25, -0.2) is 9.98 Å². The second-order valence-corrected chi connectivity index (χ2v) is 6.00. The molecule has 0 saturated heterocycles. The number of ether oxygens (including phenoxy) is 1. The summed E-state index contributed by atoms with van der Waals surface area (Å²) < 4.78 is 43.4. The number of rotatable bonds is 7. The largest absolute Gasteiger partial charge is 0.468 e. The molecule has 0 radical (unpaired) electrons. The summed E-state index contributed by atoms with van der Waals surface area (Å²) in [5.41, 5.74) is 1.41. The van der Waals surface area contributed by atoms with E-state index in [9.17, 15) is 13.2 Å². The fraction of sp³-hybridized carbons (Fsp3) is 0.333. The number of aliphatic imine (C=N–C) groups is 1. The second kappa shape index (κ2) is 9.22. The monoisotopic (exact) mass is 407 g/mol. The van der Waals surface area contributed by atoms with Crippen molar-refractivity contribution in [2.45, 2.75) is 26.2 Å². The van der Waals surface area contributed by atoms with Gasteiger partial charge in [0.15, 0.2) is 24.0 Å². The Morgan fingerprint density at radius 3 is 2.86 bits per heavy atom. The Balaban J connectivity index is 1.63. The number of hydrogen-bond acceptors (Lipinski definition) is 5. The lowest BCUT2D eigenvalue weighted by Crippen LogP contribution is -2.37. The first-order valence-corrected chi connectivity index (χ1v) is 8.90. The minimum atomic E-state index is -4.41. The third-order valence-corrected chi connectivity index (χ3v) is 3.75. The van der Waals surface area contributed by atoms with Crippen LogP contribution in [0.5, 0.6) is 5.88 Å². The summed E-state index contributed by atoms with van der Waals surface area (Å²) in [4.78, 5) is 8.23. The minimum Gasteiger partial charge on any atom is -0.468 e. The summed E-state index contributed by atoms with van der Waals surface area (Å²) >= 11 is 0. The third-order valence-electron chi connectivity index (χ3n) is 3.75. The van der Waals surface area contributed by atoms with E-state index < -0.39 is 12.8 Å². The molecule has 0 atom stereocenters. The molecule has 0 aliphatic rings. The smallest absolute Gasteiger partial charge is 0.422 e. The molecule has 2 N–H and O–H groups in total. The molecule has 0 amide bonds. The average molecular weight is 407 g/mol. The predicted molar refractivity (Wildman–Crippen MR) is 100 cm³/mol. The molecule has 0 aliphatic heterocycles. The zero-order valence-corrected chi connectivity index (χ0v) is 15.6. The maximum atomic E-state index is 12.3. The van der Waals surface area contributed by atoms with Crippen molar-refractivity contribution in [2.75, 3.05) is 13.2 Å². The standard InChI is InChI=1S/C18H20F3N7O/c1-2-22-17(25-11-15-27-26-14-5-3-4-8-28(14)15)24-10-13-6-7-23-16(9-13)29-12-18(19,20)21/h3-9H,2,10-12H2,1H3,(H2,22,24,25). The van der Waals surface area contributed by atoms with Crippen molar-refractivity contribution in [3.05, 3.63) is 54.1 Å². The van der Waals surface area contributed by atoms with Crippen molar-refractivity contribution in [3.63, 3.8) is 0 Å². The Morgan fingerprint density at radius 1 is 1.21 bits per heavy atom. The van der Waals surface area contributed by atoms with E-state index in [4.69, 9.17) is 0 Å². The fourth-order valence-electron chi connectivity index (χ4n) is 2.47. The van der Waals surface area contributed by atoms with Gasteiger partial charge in [0.05, 0.1) is 13.1 Å². The number of alkyl halides is 3. The molecule has 0 saturated carbocycles. The first kappa shape index (κ1) is 20.4. The van der Waals surface area contributed by atoms with Crippen LogP contribution >= 0.6 is 0 Å². The minimum absolute atomic E-state index is 0.0945. The Labute approximate surface area is 164 Å². The highest BCUT2D eigenvalue weighted by atomic mass is 19.4. The van der Waals surface area contributed by atoms with Crippen LogP contribution in [0.2, 0.25) is 0 Å². The average Bonchev–Trinajstić information content (AvgIpc) is 3.11. The number of pyridine rings is 2. The summed E-state index contributed by atoms with van der Waals surface area (Å²) in [7, 11) is 0. The summed E-state index contributed by atoms with van der Waals surface area (Å²) in [6.45, 7) is 1.82. The zero-order valence-electron chi connectivity index (χ0n) is 15.6. The van der Waals surface area contributed by atoms with Gasteiger partial charge >= 0.3 is 6.18 Å². The topological polar surface area (TPSA) is 88.7 Å². The molecule has 3 aromatic rings. The van der Waals surface area contributed by atoms with Gasteiger partial charge in [0.2, 0.25) is 5.88 Å². The number of hydrogen-bond donors (Lipinski definition) is 2. The lowest BCUT2D eigenvalue weighted by molar-refractivity contribution is -0.154. The van der Waals surface area contributed by atoms with E-state index in [-0.39, 0.29) is 12.4 Å². The van der Waals surface area contributed by atoms with Crippen LogP contribution in [0.15, 0.2) is 47.7 Å². The van der Waals surface area contributed by atoms with Gasteiger partial charge in [0.25, 0.3) is 0 Å². The van der Waals surface area contributed by atoms with Crippen molar-refractivity contribution in [1.82, 2.24) is 30.2 Å². The van der Waals surface area contributed by atoms with E-state index >= 15 is 0 Å². The lowest BCUT2D eigenvalue weighted by Gasteiger charge is -2.11. The highest BCUT2D eigenvalue weighted by Gasteiger charge is 2.28. The van der Waals surface area contributed by atoms with Crippen molar-refractivity contribution in [1.29, 1.82) is 0 Å². The highest BCUT2D eigenvalue weighted by molar-refractivity contribution is 5.79. The van der Waals surface area contributed by atoms with E-state index in [2.05, 4.69) is 35.5 Å². The van der Waals surface area contributed by atoms with Crippen LogP contribution in [0.1, 0.15) is 18.3 Å². The number of guanidine groups is 1. The molecule has 11 heteroatoms. The second-order valence-electron chi connectivity index (χ2n) is 6.00. The summed E-state index contributed by atoms with van der Waals surface area (Å²) in [5, 5.41) is 14.5. The summed E-state index contributed by atoms with van der Waals surface area (Å²) in [6.07, 6.45) is -1.15. The van der Waals surface area contributed by atoms with E-state index in [0.29, 0.717) is 24.6 Å². The number of fused-ring (bicyclic) bond motifs is 1. The van der Waals surface area contributed by atoms with E-state index in [1.807, 2.05) is 35.7 Å². The molecule has 8 nitrogen and oxygen atoms in total. The molecule has 0 fully saturated rings. The molecule has 29 heavy (non-hydrogen) atoms. The van der Waals surface area contributed by atoms with E-state index in [0.717, 1.165) is 11.5 Å². The van der Waals surface area contributed by atoms with Crippen LogP contribution in [0.25, 0.3) is 5.65 Å². The van der Waals surface area contributed by atoms with Crippen LogP contribution in [0.3, 0.4) is 0 Å². The summed E-state index contributed by atoms with van der Waals surface area (Å²) in [6, 6.07) is 8.73. The molecular formula is C18H20F3N7O. The van der Waals surface area contributed by atoms with Gasteiger partial charge in [-0.3, -0.25) is 4.40 Å². The molecule has 0 spiro atoms. The van der Waals surface area contributed by atoms with Crippen molar-refractivity contribution in [2.24, 2.45) is 4.99 Å². The van der Waals surface area contributed by atoms with Gasteiger partial charge in [0.1, 0.15) is 0 Å². The van der Waals surface area contributed by atoms with Crippen molar-refractivity contribution >= 4 is 11.6 Å². The predicted octanol–water partition coefficient (Wildman–Crippen LogP) is 2.32. The molecule has 0 aliphatic carbocycles. The molecule has 0 aromatic carbocycles. The van der Waals surface area contributed by atoms with Gasteiger partial charge in [-0.15, -0.1) is 10.2 Å². The zero-order chi connectivity index (χ0) is 20.7. The van der Waals surface area contributed by atoms with Crippen molar-refractivity contribution in [3.8, 4) is 5.88 Å². The summed E-state index contributed by atoms with van der Waals surface area (Å²) in [5.74, 6) is 1.16. The maximum absolute atomic E-state index is 12.3. The highest BCUT2D eigenvalue weighted by Crippen LogP contribution is 2.17. The molecule has 0 unspecified atom stereocenters. The maximum Gasteiger partial charge on any atom is 0.422 e. The Hall–Kier alpha value is -3.37. The first-order chi connectivity index (χ1) is 13.9. The quantitative estimate of drug-likeness (QED) is 0.462. The molecule has 0 bridgehead atoms. The Bertz CT molecular complexity index is 971. The lowest BCUT2D eigenvalue weighted by atomic mass is 10.3. The molecule has 154 valence electrons. The van der Waals surface area contributed by atoms with E-state index in [1.54, 1.807) is 6.07 Å². The van der Waals surface area contributed by atoms with E-state index in [1.165, 1.54) is 12.3 Å². The van der Waals surface area contributed by atoms with Crippen LogP contribution in [-0.2, 0) is 13.1 Å². The Kier molecular flexibility index (Phi) is 6.47. The van der Waals surface area contributed by atoms with Gasteiger partial charge in [0, 0.05) is 25.0 Å². The van der Waals surface area contributed by atoms with Crippen LogP contribution in [0.4, 0.5) is 13.2 Å². The molecular weight excluding hydrogens is 387 g/mol. The van der Waals surface area contributed by atoms with Gasteiger partial charge in [-0.2, -0.15) is 13.2 Å². The van der Waals surface area contributed by atoms with Gasteiger partial charge in [-0.1, -0.05) is 6.07 Å². The normalized spacial score (nSPS) is 12.2. The molecule has 3 heterocycles. The Morgan fingerprint density at radius 2 is 2.07 bits per heavy atom. The van der Waals surface area contributed by atoms with Crippen LogP contribution < -0.4 is 15.4 Å². The molecule has 3 rings (SSSR count). The van der Waals surface area contributed by atoms with Crippen molar-refractivity contribution < 1.29 is 17.9 Å². The van der Waals surface area contributed by atoms with Gasteiger partial charge in [-0.05, 0) is 30.7 Å². The SMILES string of the molecule is CCNC(=NCc1ccnc(OCC(F)(F)F)c1)NCc1nnc2ccccn12. The first-order valence-electron chi connectivity index (χ1n) is 8.90. The third kappa shape index (κ3) is 6.06. The van der Waals surface area contributed by atoms with Gasteiger partial charge < -0.3 is 15.4 Å². The number of nitrogens with zero attached hydrogens (tertiary/aromatic N) is 5. The van der Waals surface area contributed by atoms with Crippen LogP contribution in [0, 0.1) is 0 Å². The van der Waals surface area contributed by atoms with Crippen LogP contribution in [-0.4, -0.2) is 44.9 Å². The fourth-order valence-corrected chi connectivity index (χ4v) is 2.47. The number of halogens is 3. The number of nitrogens with one attached hydrogen (secondary N) is 2.